The van der Waals surface area contributed by atoms with Crippen LogP contribution in [0.2, 0.25) is 0 Å². The Morgan fingerprint density at radius 3 is 2.52 bits per heavy atom. The van der Waals surface area contributed by atoms with E-state index in [2.05, 4.69) is 38.5 Å². The number of aromatic nitrogens is 2. The zero-order chi connectivity index (χ0) is 27.7. The number of piperazine rings is 1. The average molecular weight is 557 g/mol. The molecule has 0 unspecified atom stereocenters. The summed E-state index contributed by atoms with van der Waals surface area (Å²) >= 11 is 1.18. The molecule has 5 rings (SSSR count). The summed E-state index contributed by atoms with van der Waals surface area (Å²) in [7, 11) is 3.21. The van der Waals surface area contributed by atoms with E-state index in [1.807, 2.05) is 47.4 Å². The Morgan fingerprint density at radius 1 is 0.925 bits per heavy atom. The van der Waals surface area contributed by atoms with Gasteiger partial charge in [-0.2, -0.15) is 9.36 Å². The van der Waals surface area contributed by atoms with E-state index in [0.717, 1.165) is 30.9 Å². The second-order valence-corrected chi connectivity index (χ2v) is 10.1. The van der Waals surface area contributed by atoms with Crippen LogP contribution in [0.1, 0.15) is 27.3 Å². The number of ether oxygens (including phenoxy) is 3. The van der Waals surface area contributed by atoms with Gasteiger partial charge in [0, 0.05) is 56.2 Å². The van der Waals surface area contributed by atoms with Crippen molar-refractivity contribution in [3.8, 4) is 22.4 Å². The van der Waals surface area contributed by atoms with Crippen LogP contribution in [0.5, 0.6) is 22.4 Å². The van der Waals surface area contributed by atoms with Crippen molar-refractivity contribution in [2.24, 2.45) is 0 Å². The van der Waals surface area contributed by atoms with Gasteiger partial charge in [0.15, 0.2) is 17.3 Å². The van der Waals surface area contributed by atoms with Crippen molar-refractivity contribution in [2.75, 3.05) is 46.9 Å². The largest absolute Gasteiger partial charge is 0.497 e. The van der Waals surface area contributed by atoms with E-state index in [9.17, 15) is 4.79 Å². The zero-order valence-corrected chi connectivity index (χ0v) is 23.5. The lowest BCUT2D eigenvalue weighted by molar-refractivity contribution is 0.0650. The lowest BCUT2D eigenvalue weighted by Gasteiger charge is -2.34. The maximum absolute atomic E-state index is 13.2. The molecule has 3 aromatic carbocycles. The quantitative estimate of drug-likeness (QED) is 0.259. The van der Waals surface area contributed by atoms with Crippen LogP contribution in [0.3, 0.4) is 0 Å². The van der Waals surface area contributed by atoms with Crippen molar-refractivity contribution in [1.29, 1.82) is 0 Å². The van der Waals surface area contributed by atoms with Gasteiger partial charge in [-0.15, -0.1) is 0 Å². The van der Waals surface area contributed by atoms with Crippen LogP contribution < -0.4 is 14.2 Å². The fraction of sp³-hybridized carbons (Fsp3) is 0.258. The molecule has 0 bridgehead atoms. The minimum Gasteiger partial charge on any atom is -0.497 e. The third-order valence-corrected chi connectivity index (χ3v) is 7.32. The van der Waals surface area contributed by atoms with Gasteiger partial charge in [0.1, 0.15) is 5.75 Å². The molecule has 1 amide bonds. The number of hydrogen-bond donors (Lipinski definition) is 0. The van der Waals surface area contributed by atoms with Crippen molar-refractivity contribution >= 4 is 23.5 Å². The third-order valence-electron chi connectivity index (χ3n) is 6.69. The Labute approximate surface area is 238 Å². The van der Waals surface area contributed by atoms with E-state index >= 15 is 0 Å². The fourth-order valence-corrected chi connectivity index (χ4v) is 5.08. The van der Waals surface area contributed by atoms with Crippen molar-refractivity contribution in [1.82, 2.24) is 19.2 Å². The molecule has 2 heterocycles. The first-order valence-corrected chi connectivity index (χ1v) is 13.9. The van der Waals surface area contributed by atoms with Crippen LogP contribution in [0.4, 0.5) is 0 Å². The molecule has 8 nitrogen and oxygen atoms in total. The summed E-state index contributed by atoms with van der Waals surface area (Å²) in [6.45, 7) is 3.89. The van der Waals surface area contributed by atoms with Gasteiger partial charge in [-0.1, -0.05) is 54.6 Å². The summed E-state index contributed by atoms with van der Waals surface area (Å²) in [4.78, 5) is 22.0. The Hall–Kier alpha value is -4.21. The van der Waals surface area contributed by atoms with E-state index in [4.69, 9.17) is 14.2 Å². The molecule has 0 spiro atoms. The first-order valence-electron chi connectivity index (χ1n) is 13.2. The van der Waals surface area contributed by atoms with Gasteiger partial charge in [0.05, 0.1) is 14.2 Å². The molecule has 1 aliphatic heterocycles. The minimum absolute atomic E-state index is 0.0131. The van der Waals surface area contributed by atoms with Gasteiger partial charge < -0.3 is 19.1 Å². The van der Waals surface area contributed by atoms with Crippen LogP contribution in [0.25, 0.3) is 6.08 Å². The zero-order valence-electron chi connectivity index (χ0n) is 22.7. The highest BCUT2D eigenvalue weighted by Gasteiger charge is 2.23. The topological polar surface area (TPSA) is 77.0 Å². The van der Waals surface area contributed by atoms with Gasteiger partial charge in [-0.05, 0) is 41.5 Å². The fourth-order valence-electron chi connectivity index (χ4n) is 4.51. The van der Waals surface area contributed by atoms with E-state index in [1.54, 1.807) is 32.4 Å². The first kappa shape index (κ1) is 27.4. The Kier molecular flexibility index (Phi) is 9.05. The van der Waals surface area contributed by atoms with Gasteiger partial charge in [0.2, 0.25) is 0 Å². The molecule has 0 aliphatic carbocycles. The SMILES string of the molecule is COc1cccc(Cc2nsc(Oc3ccc(C(=O)N4CCN(C/C=C/c5ccccc5)CC4)cc3OC)n2)c1. The maximum Gasteiger partial charge on any atom is 0.298 e. The number of nitrogens with zero attached hydrogens (tertiary/aromatic N) is 4. The van der Waals surface area contributed by atoms with Gasteiger partial charge in [-0.3, -0.25) is 9.69 Å². The minimum atomic E-state index is -0.0131. The molecule has 40 heavy (non-hydrogen) atoms. The van der Waals surface area contributed by atoms with Crippen molar-refractivity contribution < 1.29 is 19.0 Å². The highest BCUT2D eigenvalue weighted by Crippen LogP contribution is 2.33. The van der Waals surface area contributed by atoms with Gasteiger partial charge in [-0.25, -0.2) is 0 Å². The summed E-state index contributed by atoms with van der Waals surface area (Å²) in [6.07, 6.45) is 4.88. The number of carbonyl (C=O) groups is 1. The molecule has 4 aromatic rings. The highest BCUT2D eigenvalue weighted by molar-refractivity contribution is 7.07. The standard InChI is InChI=1S/C31H32N4O4S/c1-37-26-12-6-10-24(20-26)21-29-32-31(40-33-29)39-27-14-13-25(22-28(27)38-2)30(36)35-18-16-34(17-19-35)15-7-11-23-8-4-3-5-9-23/h3-14,20,22H,15-19,21H2,1-2H3/b11-7+. The number of benzene rings is 3. The molecule has 1 fully saturated rings. The monoisotopic (exact) mass is 556 g/mol. The van der Waals surface area contributed by atoms with Crippen LogP contribution in [0, 0.1) is 0 Å². The maximum atomic E-state index is 13.2. The molecule has 0 saturated carbocycles. The van der Waals surface area contributed by atoms with E-state index in [0.29, 0.717) is 47.6 Å². The number of methoxy groups -OCH3 is 2. The molecule has 0 radical (unpaired) electrons. The van der Waals surface area contributed by atoms with Gasteiger partial charge >= 0.3 is 0 Å². The number of amides is 1. The number of rotatable bonds is 10. The Morgan fingerprint density at radius 2 is 1.75 bits per heavy atom. The highest BCUT2D eigenvalue weighted by atomic mass is 32.1. The molecule has 9 heteroatoms. The predicted molar refractivity (Wildman–Crippen MR) is 157 cm³/mol. The molecule has 206 valence electrons. The molecular weight excluding hydrogens is 524 g/mol. The number of hydrogen-bond acceptors (Lipinski definition) is 8. The Bertz CT molecular complexity index is 1450. The van der Waals surface area contributed by atoms with E-state index in [-0.39, 0.29) is 5.91 Å². The summed E-state index contributed by atoms with van der Waals surface area (Å²) in [5.41, 5.74) is 2.81. The molecule has 1 aromatic heterocycles. The molecule has 1 saturated heterocycles. The molecular formula is C31H32N4O4S. The second-order valence-electron chi connectivity index (χ2n) is 9.38. The second kappa shape index (κ2) is 13.2. The van der Waals surface area contributed by atoms with Crippen LogP contribution >= 0.6 is 11.5 Å². The van der Waals surface area contributed by atoms with Crippen molar-refractivity contribution in [3.05, 3.63) is 101 Å². The predicted octanol–water partition coefficient (Wildman–Crippen LogP) is 5.41. The summed E-state index contributed by atoms with van der Waals surface area (Å²) in [5.74, 6) is 2.40. The lowest BCUT2D eigenvalue weighted by Crippen LogP contribution is -2.48. The molecule has 1 aliphatic rings. The first-order chi connectivity index (χ1) is 19.6. The van der Waals surface area contributed by atoms with Crippen LogP contribution in [-0.2, 0) is 6.42 Å². The van der Waals surface area contributed by atoms with Crippen molar-refractivity contribution in [3.63, 3.8) is 0 Å². The van der Waals surface area contributed by atoms with E-state index in [1.165, 1.54) is 17.1 Å². The van der Waals surface area contributed by atoms with Crippen LogP contribution in [0.15, 0.2) is 78.9 Å². The van der Waals surface area contributed by atoms with Gasteiger partial charge in [0.25, 0.3) is 11.1 Å². The van der Waals surface area contributed by atoms with E-state index < -0.39 is 0 Å². The summed E-state index contributed by atoms with van der Waals surface area (Å²) in [5, 5.41) is 0.410. The summed E-state index contributed by atoms with van der Waals surface area (Å²) < 4.78 is 21.2. The lowest BCUT2D eigenvalue weighted by atomic mass is 10.1. The average Bonchev–Trinajstić information content (AvgIpc) is 3.44. The molecule has 0 N–H and O–H groups in total. The third kappa shape index (κ3) is 7.05. The summed E-state index contributed by atoms with van der Waals surface area (Å²) in [6, 6.07) is 23.3. The normalized spacial score (nSPS) is 13.9. The molecule has 0 atom stereocenters. The van der Waals surface area contributed by atoms with Crippen molar-refractivity contribution in [2.45, 2.75) is 6.42 Å². The van der Waals surface area contributed by atoms with Crippen LogP contribution in [-0.4, -0.2) is 72.0 Å². The Balaban J connectivity index is 1.16. The number of carbonyl (C=O) groups excluding carboxylic acids is 1. The smallest absolute Gasteiger partial charge is 0.298 e.